The standard InChI is InChI=1S/C17H16F3N5O3S.C13H17ClN2O3/c1-25(6-7-28-11-5-3-4-10(8-11)17(18,19)20)16(26)24-15-23-12-13(27-2)21-9-22-14(12)29-15;14-11-3-1-2-10(8-11)12(9-17)15-4-6-16(7-5-15)13(18)19/h3-5,8-9H,6-7H2,1-2H3,(H,23,24,26);1-3,8,12,17H,4-7,9H2,(H,18,19). The Kier molecular flexibility index (Phi) is 12.6. The van der Waals surface area contributed by atoms with Crippen LogP contribution < -0.4 is 14.8 Å². The molecule has 1 unspecified atom stereocenters. The van der Waals surface area contributed by atoms with Gasteiger partial charge in [0.25, 0.3) is 0 Å². The van der Waals surface area contributed by atoms with Crippen molar-refractivity contribution in [1.29, 1.82) is 0 Å². The number of likely N-dealkylation sites (N-methyl/N-ethyl adjacent to an activating group) is 1. The first kappa shape index (κ1) is 36.4. The fraction of sp³-hybridized carbons (Fsp3) is 0.367. The number of benzene rings is 2. The predicted octanol–water partition coefficient (Wildman–Crippen LogP) is 5.33. The number of aromatic nitrogens is 3. The molecule has 4 aromatic rings. The lowest BCUT2D eigenvalue weighted by molar-refractivity contribution is -0.137. The molecule has 18 heteroatoms. The molecular formula is C30H33ClF3N7O6S. The molecule has 0 spiro atoms. The molecule has 1 aliphatic heterocycles. The molecule has 1 atom stereocenters. The fourth-order valence-corrected chi connectivity index (χ4v) is 5.64. The summed E-state index contributed by atoms with van der Waals surface area (Å²) >= 11 is 7.12. The number of hydrogen-bond acceptors (Lipinski definition) is 10. The van der Waals surface area contributed by atoms with Crippen LogP contribution in [0.2, 0.25) is 5.02 Å². The van der Waals surface area contributed by atoms with Gasteiger partial charge in [0, 0.05) is 38.2 Å². The van der Waals surface area contributed by atoms with E-state index in [2.05, 4.69) is 25.2 Å². The van der Waals surface area contributed by atoms with Gasteiger partial charge in [0.15, 0.2) is 15.5 Å². The second-order valence-corrected chi connectivity index (χ2v) is 11.8. The summed E-state index contributed by atoms with van der Waals surface area (Å²) in [5.41, 5.74) is 0.597. The summed E-state index contributed by atoms with van der Waals surface area (Å²) in [7, 11) is 2.98. The van der Waals surface area contributed by atoms with Crippen molar-refractivity contribution >= 4 is 50.5 Å². The lowest BCUT2D eigenvalue weighted by Crippen LogP contribution is -2.49. The monoisotopic (exact) mass is 711 g/mol. The van der Waals surface area contributed by atoms with E-state index in [1.807, 2.05) is 18.2 Å². The van der Waals surface area contributed by atoms with Crippen LogP contribution in [0.4, 0.5) is 27.9 Å². The molecule has 0 aliphatic carbocycles. The fourth-order valence-electron chi connectivity index (χ4n) is 4.66. The van der Waals surface area contributed by atoms with Gasteiger partial charge in [0.1, 0.15) is 18.7 Å². The molecule has 3 N–H and O–H groups in total. The van der Waals surface area contributed by atoms with Crippen LogP contribution in [-0.4, -0.2) is 112 Å². The number of anilines is 1. The zero-order valence-corrected chi connectivity index (χ0v) is 27.4. The number of methoxy groups -OCH3 is 1. The molecule has 1 fully saturated rings. The number of amides is 3. The number of aliphatic hydroxyl groups excluding tert-OH is 1. The number of carbonyl (C=O) groups is 2. The number of aliphatic hydroxyl groups is 1. The van der Waals surface area contributed by atoms with Crippen LogP contribution in [0.5, 0.6) is 11.6 Å². The summed E-state index contributed by atoms with van der Waals surface area (Å²) in [6.07, 6.45) is -3.99. The minimum atomic E-state index is -4.44. The van der Waals surface area contributed by atoms with Gasteiger partial charge in [0.2, 0.25) is 5.88 Å². The number of halogens is 4. The minimum absolute atomic E-state index is 0.00653. The number of rotatable bonds is 9. The van der Waals surface area contributed by atoms with Crippen LogP contribution in [0, 0.1) is 0 Å². The zero-order valence-electron chi connectivity index (χ0n) is 25.9. The molecule has 0 bridgehead atoms. The Morgan fingerprint density at radius 1 is 1.12 bits per heavy atom. The molecule has 1 aliphatic rings. The van der Waals surface area contributed by atoms with Gasteiger partial charge in [-0.2, -0.15) is 18.2 Å². The van der Waals surface area contributed by atoms with Crippen LogP contribution in [0.1, 0.15) is 17.2 Å². The average Bonchev–Trinajstić information content (AvgIpc) is 3.48. The van der Waals surface area contributed by atoms with E-state index in [4.69, 9.17) is 26.2 Å². The zero-order chi connectivity index (χ0) is 34.8. The number of alkyl halides is 3. The van der Waals surface area contributed by atoms with Crippen LogP contribution in [0.3, 0.4) is 0 Å². The molecule has 0 saturated carbocycles. The van der Waals surface area contributed by atoms with Gasteiger partial charge in [-0.05, 0) is 35.9 Å². The van der Waals surface area contributed by atoms with E-state index in [0.29, 0.717) is 52.6 Å². The third-order valence-corrected chi connectivity index (χ3v) is 8.32. The minimum Gasteiger partial charge on any atom is -0.492 e. The van der Waals surface area contributed by atoms with E-state index in [9.17, 15) is 27.9 Å². The van der Waals surface area contributed by atoms with E-state index in [-0.39, 0.29) is 31.5 Å². The number of piperazine rings is 1. The SMILES string of the molecule is COc1ncnc2sc(NC(=O)N(C)CCOc3cccc(C(F)(F)F)c3)nc12.O=C(O)N1CCN(C(CO)c2cccc(Cl)c2)CC1. The number of nitrogens with zero attached hydrogens (tertiary/aromatic N) is 6. The van der Waals surface area contributed by atoms with E-state index in [1.165, 1.54) is 42.4 Å². The molecule has 1 saturated heterocycles. The van der Waals surface area contributed by atoms with Gasteiger partial charge >= 0.3 is 18.3 Å². The van der Waals surface area contributed by atoms with Crippen molar-refractivity contribution in [3.63, 3.8) is 0 Å². The van der Waals surface area contributed by atoms with Gasteiger partial charge < -0.3 is 29.5 Å². The van der Waals surface area contributed by atoms with Crippen molar-refractivity contribution < 1.29 is 42.4 Å². The maximum Gasteiger partial charge on any atom is 0.416 e. The molecule has 2 aromatic heterocycles. The lowest BCUT2D eigenvalue weighted by atomic mass is 10.1. The summed E-state index contributed by atoms with van der Waals surface area (Å²) in [5.74, 6) is 0.375. The van der Waals surface area contributed by atoms with Gasteiger partial charge in [-0.3, -0.25) is 10.2 Å². The molecule has 0 radical (unpaired) electrons. The third-order valence-electron chi connectivity index (χ3n) is 7.20. The third kappa shape index (κ3) is 9.79. The van der Waals surface area contributed by atoms with Crippen molar-refractivity contribution in [1.82, 2.24) is 29.7 Å². The summed E-state index contributed by atoms with van der Waals surface area (Å²) in [4.78, 5) is 40.8. The highest BCUT2D eigenvalue weighted by molar-refractivity contribution is 7.22. The normalized spacial score (nSPS) is 14.1. The Morgan fingerprint density at radius 2 is 1.85 bits per heavy atom. The number of urea groups is 1. The Balaban J connectivity index is 0.000000237. The average molecular weight is 712 g/mol. The quantitative estimate of drug-likeness (QED) is 0.208. The highest BCUT2D eigenvalue weighted by atomic mass is 35.5. The molecule has 13 nitrogen and oxygen atoms in total. The lowest BCUT2D eigenvalue weighted by Gasteiger charge is -2.37. The second kappa shape index (κ2) is 16.6. The van der Waals surface area contributed by atoms with E-state index >= 15 is 0 Å². The number of fused-ring (bicyclic) bond motifs is 1. The van der Waals surface area contributed by atoms with Gasteiger partial charge in [0.05, 0.1) is 31.9 Å². The van der Waals surface area contributed by atoms with Crippen molar-refractivity contribution in [2.45, 2.75) is 12.2 Å². The number of nitrogens with one attached hydrogen (secondary N) is 1. The van der Waals surface area contributed by atoms with Gasteiger partial charge in [-0.25, -0.2) is 19.6 Å². The first-order valence-corrected chi connectivity index (χ1v) is 15.6. The molecular weight excluding hydrogens is 679 g/mol. The number of carboxylic acid groups (broad SMARTS) is 1. The molecule has 2 aromatic carbocycles. The molecule has 3 heterocycles. The topological polar surface area (TPSA) is 153 Å². The largest absolute Gasteiger partial charge is 0.492 e. The van der Waals surface area contributed by atoms with E-state index in [1.54, 1.807) is 6.07 Å². The van der Waals surface area contributed by atoms with Crippen molar-refractivity contribution in [3.8, 4) is 11.6 Å². The second-order valence-electron chi connectivity index (χ2n) is 10.3. The van der Waals surface area contributed by atoms with Crippen molar-refractivity contribution in [2.75, 3.05) is 65.4 Å². The summed E-state index contributed by atoms with van der Waals surface area (Å²) in [5, 5.41) is 22.1. The molecule has 3 amide bonds. The van der Waals surface area contributed by atoms with Gasteiger partial charge in [-0.15, -0.1) is 0 Å². The maximum absolute atomic E-state index is 12.7. The van der Waals surface area contributed by atoms with Crippen LogP contribution >= 0.6 is 22.9 Å². The molecule has 258 valence electrons. The molecule has 5 rings (SSSR count). The number of ether oxygens (including phenoxy) is 2. The number of carbonyl (C=O) groups excluding carboxylic acids is 1. The summed E-state index contributed by atoms with van der Waals surface area (Å²) < 4.78 is 48.6. The maximum atomic E-state index is 12.7. The number of thiazole rings is 1. The summed E-state index contributed by atoms with van der Waals surface area (Å²) in [6, 6.07) is 11.4. The van der Waals surface area contributed by atoms with Crippen LogP contribution in [0.25, 0.3) is 10.3 Å². The van der Waals surface area contributed by atoms with Gasteiger partial charge in [-0.1, -0.05) is 41.1 Å². The Morgan fingerprint density at radius 3 is 2.50 bits per heavy atom. The predicted molar refractivity (Wildman–Crippen MR) is 173 cm³/mol. The Labute approximate surface area is 282 Å². The Hall–Kier alpha value is -4.45. The van der Waals surface area contributed by atoms with Crippen molar-refractivity contribution in [3.05, 3.63) is 71.0 Å². The number of hydrogen-bond donors (Lipinski definition) is 3. The highest BCUT2D eigenvalue weighted by Gasteiger charge is 2.30. The van der Waals surface area contributed by atoms with Crippen LogP contribution in [0.15, 0.2) is 54.9 Å². The van der Waals surface area contributed by atoms with E-state index < -0.39 is 23.9 Å². The summed E-state index contributed by atoms with van der Waals surface area (Å²) in [6.45, 7) is 2.32. The first-order valence-electron chi connectivity index (χ1n) is 14.5. The van der Waals surface area contributed by atoms with E-state index in [0.717, 1.165) is 29.0 Å². The highest BCUT2D eigenvalue weighted by Crippen LogP contribution is 2.32. The van der Waals surface area contributed by atoms with Crippen LogP contribution in [-0.2, 0) is 6.18 Å². The van der Waals surface area contributed by atoms with Crippen molar-refractivity contribution in [2.24, 2.45) is 0 Å². The Bertz CT molecular complexity index is 1690. The molecule has 48 heavy (non-hydrogen) atoms. The smallest absolute Gasteiger partial charge is 0.416 e. The first-order chi connectivity index (χ1) is 22.9.